The van der Waals surface area contributed by atoms with Gasteiger partial charge in [0.2, 0.25) is 0 Å². The van der Waals surface area contributed by atoms with E-state index in [-0.39, 0.29) is 11.4 Å². The first-order chi connectivity index (χ1) is 20.3. The third-order valence-electron chi connectivity index (χ3n) is 6.27. The molecule has 212 valence electrons. The molecule has 0 fully saturated rings. The molecule has 0 saturated heterocycles. The first-order valence-electron chi connectivity index (χ1n) is 12.4. The lowest BCUT2D eigenvalue weighted by Gasteiger charge is -2.10. The molecule has 11 heteroatoms. The number of amides is 1. The number of hydrogen-bond acceptors (Lipinski definition) is 6. The average Bonchev–Trinajstić information content (AvgIpc) is 3.37. The van der Waals surface area contributed by atoms with Gasteiger partial charge in [0.1, 0.15) is 11.4 Å². The Labute approximate surface area is 255 Å². The van der Waals surface area contributed by atoms with Crippen LogP contribution in [0, 0.1) is 0 Å². The molecule has 1 aromatic heterocycles. The Bertz CT molecular complexity index is 1850. The van der Waals surface area contributed by atoms with Gasteiger partial charge in [-0.3, -0.25) is 4.79 Å². The number of carbonyl (C=O) groups is 2. The van der Waals surface area contributed by atoms with E-state index in [0.29, 0.717) is 59.7 Å². The lowest BCUT2D eigenvalue weighted by Crippen LogP contribution is -2.19. The lowest BCUT2D eigenvalue weighted by atomic mass is 10.0. The summed E-state index contributed by atoms with van der Waals surface area (Å²) < 4.78 is 16.1. The molecule has 0 aliphatic heterocycles. The Morgan fingerprint density at radius 2 is 1.67 bits per heavy atom. The van der Waals surface area contributed by atoms with Crippen LogP contribution >= 0.6 is 34.8 Å². The van der Waals surface area contributed by atoms with E-state index in [2.05, 4.69) is 15.5 Å². The summed E-state index contributed by atoms with van der Waals surface area (Å²) in [4.78, 5) is 29.0. The molecule has 0 atom stereocenters. The van der Waals surface area contributed by atoms with Gasteiger partial charge in [-0.15, -0.1) is 0 Å². The summed E-state index contributed by atoms with van der Waals surface area (Å²) in [6.45, 7) is 0. The fraction of sp³-hybridized carbons (Fsp3) is 0.0645. The summed E-state index contributed by atoms with van der Waals surface area (Å²) in [7, 11) is 2.96. The number of rotatable bonds is 8. The summed E-state index contributed by atoms with van der Waals surface area (Å²) >= 11 is 19.2. The van der Waals surface area contributed by atoms with Gasteiger partial charge in [-0.25, -0.2) is 10.2 Å². The number of hydrogen-bond donors (Lipinski definition) is 2. The van der Waals surface area contributed by atoms with Gasteiger partial charge in [0.25, 0.3) is 5.91 Å². The number of halogens is 3. The van der Waals surface area contributed by atoms with Crippen molar-refractivity contribution in [2.24, 2.45) is 5.10 Å². The molecule has 0 aliphatic rings. The molecule has 0 bridgehead atoms. The van der Waals surface area contributed by atoms with Gasteiger partial charge in [0.05, 0.1) is 36.5 Å². The van der Waals surface area contributed by atoms with E-state index in [1.54, 1.807) is 72.8 Å². The number of carbonyl (C=O) groups excluding carboxylic acids is 2. The van der Waals surface area contributed by atoms with Crippen LogP contribution in [0.2, 0.25) is 15.1 Å². The first kappa shape index (κ1) is 29.0. The molecular formula is C31H22Cl3N3O5. The molecule has 5 rings (SSSR count). The number of nitrogens with zero attached hydrogens (tertiary/aromatic N) is 1. The van der Waals surface area contributed by atoms with Crippen molar-refractivity contribution in [3.63, 3.8) is 0 Å². The van der Waals surface area contributed by atoms with Crippen molar-refractivity contribution in [3.8, 4) is 28.4 Å². The topological polar surface area (TPSA) is 102 Å². The molecule has 0 radical (unpaired) electrons. The minimum absolute atomic E-state index is 0.205. The predicted octanol–water partition coefficient (Wildman–Crippen LogP) is 7.80. The Kier molecular flexibility index (Phi) is 8.68. The Morgan fingerprint density at radius 1 is 0.857 bits per heavy atom. The summed E-state index contributed by atoms with van der Waals surface area (Å²) in [5.74, 6) is -0.0622. The maximum Gasteiger partial charge on any atom is 0.343 e. The summed E-state index contributed by atoms with van der Waals surface area (Å²) in [5, 5.41) is 5.96. The highest BCUT2D eigenvalue weighted by Crippen LogP contribution is 2.40. The van der Waals surface area contributed by atoms with Crippen molar-refractivity contribution in [1.82, 2.24) is 10.4 Å². The normalized spacial score (nSPS) is 11.1. The monoisotopic (exact) mass is 621 g/mol. The molecule has 0 aliphatic carbocycles. The molecular weight excluding hydrogens is 601 g/mol. The van der Waals surface area contributed by atoms with Crippen LogP contribution in [0.25, 0.3) is 22.0 Å². The second-order valence-corrected chi connectivity index (χ2v) is 10.1. The molecule has 42 heavy (non-hydrogen) atoms. The number of methoxy groups -OCH3 is 2. The zero-order valence-electron chi connectivity index (χ0n) is 22.2. The van der Waals surface area contributed by atoms with Crippen LogP contribution in [0.1, 0.15) is 26.4 Å². The fourth-order valence-electron chi connectivity index (χ4n) is 4.31. The molecule has 4 aromatic carbocycles. The van der Waals surface area contributed by atoms with Gasteiger partial charge in [-0.05, 0) is 60.2 Å². The number of fused-ring (bicyclic) bond motifs is 1. The molecule has 2 N–H and O–H groups in total. The van der Waals surface area contributed by atoms with Crippen LogP contribution in [0.3, 0.4) is 0 Å². The standard InChI is InChI=1S/C31H22Cl3N3O5/c1-40-20-7-5-6-18(13-20)31(39)42-25-11-10-17(12-26(25)41-2)16-35-37-30(38)29-27(21-8-3-4-9-23(21)33)22-14-19(32)15-24(34)28(22)36-29/h3-16,36H,1-2H3,(H,37,38). The number of benzene rings is 4. The number of ether oxygens (including phenoxy) is 3. The Morgan fingerprint density at radius 3 is 2.43 bits per heavy atom. The first-order valence-corrected chi connectivity index (χ1v) is 13.6. The molecule has 0 spiro atoms. The largest absolute Gasteiger partial charge is 0.497 e. The fourth-order valence-corrected chi connectivity index (χ4v) is 5.08. The number of H-pyrrole nitrogens is 1. The van der Waals surface area contributed by atoms with Crippen molar-refractivity contribution in [2.45, 2.75) is 0 Å². The lowest BCUT2D eigenvalue weighted by molar-refractivity contribution is 0.0729. The second-order valence-electron chi connectivity index (χ2n) is 8.90. The van der Waals surface area contributed by atoms with Crippen molar-refractivity contribution < 1.29 is 23.8 Å². The summed E-state index contributed by atoms with van der Waals surface area (Å²) in [6, 6.07) is 21.9. The van der Waals surface area contributed by atoms with Crippen molar-refractivity contribution in [3.05, 3.63) is 111 Å². The molecule has 0 saturated carbocycles. The van der Waals surface area contributed by atoms with Crippen LogP contribution in [0.4, 0.5) is 0 Å². The van der Waals surface area contributed by atoms with E-state index in [1.807, 2.05) is 6.07 Å². The molecule has 5 aromatic rings. The zero-order valence-corrected chi connectivity index (χ0v) is 24.5. The van der Waals surface area contributed by atoms with Crippen LogP contribution < -0.4 is 19.6 Å². The third kappa shape index (κ3) is 6.06. The highest BCUT2D eigenvalue weighted by molar-refractivity contribution is 6.39. The maximum absolute atomic E-state index is 13.3. The minimum atomic E-state index is -0.574. The molecule has 1 amide bonds. The number of aromatic amines is 1. The van der Waals surface area contributed by atoms with Crippen molar-refractivity contribution in [2.75, 3.05) is 14.2 Å². The molecule has 1 heterocycles. The van der Waals surface area contributed by atoms with Gasteiger partial charge < -0.3 is 19.2 Å². The number of nitrogens with one attached hydrogen (secondary N) is 2. The van der Waals surface area contributed by atoms with Gasteiger partial charge >= 0.3 is 5.97 Å². The van der Waals surface area contributed by atoms with Crippen LogP contribution in [-0.2, 0) is 0 Å². The van der Waals surface area contributed by atoms with E-state index in [1.165, 1.54) is 20.4 Å². The summed E-state index contributed by atoms with van der Waals surface area (Å²) in [5.41, 5.74) is 5.33. The smallest absolute Gasteiger partial charge is 0.343 e. The zero-order chi connectivity index (χ0) is 29.8. The van der Waals surface area contributed by atoms with Crippen LogP contribution in [0.15, 0.2) is 84.0 Å². The van der Waals surface area contributed by atoms with Crippen molar-refractivity contribution in [1.29, 1.82) is 0 Å². The third-order valence-corrected chi connectivity index (χ3v) is 7.12. The number of aromatic nitrogens is 1. The van der Waals surface area contributed by atoms with Crippen LogP contribution in [0.5, 0.6) is 17.2 Å². The minimum Gasteiger partial charge on any atom is -0.497 e. The van der Waals surface area contributed by atoms with Gasteiger partial charge in [-0.2, -0.15) is 5.10 Å². The number of hydrazone groups is 1. The molecule has 8 nitrogen and oxygen atoms in total. The highest BCUT2D eigenvalue weighted by atomic mass is 35.5. The van der Waals surface area contributed by atoms with E-state index in [0.717, 1.165) is 0 Å². The Hall–Kier alpha value is -4.50. The highest BCUT2D eigenvalue weighted by Gasteiger charge is 2.22. The SMILES string of the molecule is COc1cccc(C(=O)Oc2ccc(C=NNC(=O)c3[nH]c4c(Cl)cc(Cl)cc4c3-c3ccccc3Cl)cc2OC)c1. The second kappa shape index (κ2) is 12.6. The summed E-state index contributed by atoms with van der Waals surface area (Å²) in [6.07, 6.45) is 1.43. The quantitative estimate of drug-likeness (QED) is 0.0796. The van der Waals surface area contributed by atoms with E-state index in [4.69, 9.17) is 49.0 Å². The van der Waals surface area contributed by atoms with E-state index in [9.17, 15) is 9.59 Å². The van der Waals surface area contributed by atoms with Crippen LogP contribution in [-0.4, -0.2) is 37.3 Å². The average molecular weight is 623 g/mol. The van der Waals surface area contributed by atoms with Crippen molar-refractivity contribution >= 4 is 63.8 Å². The maximum atomic E-state index is 13.3. The Balaban J connectivity index is 1.38. The predicted molar refractivity (Wildman–Crippen MR) is 165 cm³/mol. The number of esters is 1. The van der Waals surface area contributed by atoms with E-state index >= 15 is 0 Å². The van der Waals surface area contributed by atoms with Gasteiger partial charge in [0.15, 0.2) is 11.5 Å². The van der Waals surface area contributed by atoms with E-state index < -0.39 is 11.9 Å². The molecule has 0 unspecified atom stereocenters. The van der Waals surface area contributed by atoms with Gasteiger partial charge in [0, 0.05) is 26.6 Å². The van der Waals surface area contributed by atoms with Gasteiger partial charge in [-0.1, -0.05) is 59.1 Å².